The van der Waals surface area contributed by atoms with Crippen molar-refractivity contribution in [2.75, 3.05) is 5.32 Å². The van der Waals surface area contributed by atoms with Crippen molar-refractivity contribution in [2.24, 2.45) is 0 Å². The summed E-state index contributed by atoms with van der Waals surface area (Å²) in [6.45, 7) is 2.01. The van der Waals surface area contributed by atoms with E-state index in [2.05, 4.69) is 21.4 Å². The van der Waals surface area contributed by atoms with Crippen molar-refractivity contribution < 1.29 is 9.18 Å². The van der Waals surface area contributed by atoms with Crippen LogP contribution in [0.25, 0.3) is 27.8 Å². The number of hydrogen-bond donors (Lipinski definition) is 2. The van der Waals surface area contributed by atoms with Crippen LogP contribution in [-0.2, 0) is 0 Å². The Morgan fingerprint density at radius 2 is 1.94 bits per heavy atom. The molecule has 31 heavy (non-hydrogen) atoms. The number of hydrogen-bond acceptors (Lipinski definition) is 3. The largest absolute Gasteiger partial charge is 0.362 e. The summed E-state index contributed by atoms with van der Waals surface area (Å²) in [5, 5.41) is 4.25. The third kappa shape index (κ3) is 3.59. The number of imidazole rings is 1. The van der Waals surface area contributed by atoms with Crippen molar-refractivity contribution in [3.63, 3.8) is 0 Å². The molecule has 0 aliphatic rings. The number of H-pyrrole nitrogens is 1. The van der Waals surface area contributed by atoms with E-state index >= 15 is 0 Å². The van der Waals surface area contributed by atoms with Gasteiger partial charge >= 0.3 is 0 Å². The maximum absolute atomic E-state index is 13.3. The fourth-order valence-electron chi connectivity index (χ4n) is 3.68. The number of nitrogens with zero attached hydrogens (tertiary/aromatic N) is 2. The van der Waals surface area contributed by atoms with Crippen LogP contribution in [0.5, 0.6) is 0 Å². The summed E-state index contributed by atoms with van der Waals surface area (Å²) in [6.07, 6.45) is 4.93. The van der Waals surface area contributed by atoms with Crippen LogP contribution >= 0.6 is 0 Å². The molecule has 0 unspecified atom stereocenters. The van der Waals surface area contributed by atoms with Gasteiger partial charge in [0.15, 0.2) is 0 Å². The molecule has 0 bridgehead atoms. The van der Waals surface area contributed by atoms with Gasteiger partial charge in [0, 0.05) is 46.3 Å². The van der Waals surface area contributed by atoms with E-state index in [-0.39, 0.29) is 11.6 Å². The van der Waals surface area contributed by atoms with Crippen molar-refractivity contribution in [2.45, 2.75) is 6.92 Å². The van der Waals surface area contributed by atoms with E-state index < -0.39 is 0 Å². The first-order chi connectivity index (χ1) is 15.1. The highest BCUT2D eigenvalue weighted by Gasteiger charge is 2.16. The molecule has 2 aromatic carbocycles. The lowest BCUT2D eigenvalue weighted by Gasteiger charge is -2.00. The van der Waals surface area contributed by atoms with E-state index in [1.165, 1.54) is 18.2 Å². The molecular weight excluding hydrogens is 391 g/mol. The summed E-state index contributed by atoms with van der Waals surface area (Å²) in [5.41, 5.74) is 4.83. The third-order valence-corrected chi connectivity index (χ3v) is 5.12. The predicted octanol–water partition coefficient (Wildman–Crippen LogP) is 5.74. The maximum Gasteiger partial charge on any atom is 0.207 e. The zero-order valence-electron chi connectivity index (χ0n) is 16.8. The fourth-order valence-corrected chi connectivity index (χ4v) is 3.68. The number of aryl methyl sites for hydroxylation is 1. The molecule has 5 nitrogen and oxygen atoms in total. The molecule has 0 fully saturated rings. The van der Waals surface area contributed by atoms with Gasteiger partial charge in [0.1, 0.15) is 17.3 Å². The second-order valence-corrected chi connectivity index (χ2v) is 7.34. The number of rotatable bonds is 5. The van der Waals surface area contributed by atoms with Crippen LogP contribution in [0.3, 0.4) is 0 Å². The van der Waals surface area contributed by atoms with Gasteiger partial charge < -0.3 is 10.3 Å². The van der Waals surface area contributed by atoms with Gasteiger partial charge in [-0.1, -0.05) is 6.07 Å². The SMILES string of the molecule is Cc1cc2cc(N/C=C\C(=O)c3nc(-c4ccc(F)cc4)n4ccccc34)ccc2[nH]1. The van der Waals surface area contributed by atoms with E-state index in [4.69, 9.17) is 0 Å². The predicted molar refractivity (Wildman–Crippen MR) is 121 cm³/mol. The summed E-state index contributed by atoms with van der Waals surface area (Å²) in [7, 11) is 0. The van der Waals surface area contributed by atoms with E-state index in [1.54, 1.807) is 18.3 Å². The molecule has 152 valence electrons. The summed E-state index contributed by atoms with van der Waals surface area (Å²) in [6, 6.07) is 19.7. The number of benzene rings is 2. The Hall–Kier alpha value is -4.19. The Kier molecular flexibility index (Phi) is 4.59. The quantitative estimate of drug-likeness (QED) is 0.287. The first kappa shape index (κ1) is 18.8. The molecule has 0 radical (unpaired) electrons. The number of halogens is 1. The van der Waals surface area contributed by atoms with Gasteiger partial charge in [-0.3, -0.25) is 9.20 Å². The van der Waals surface area contributed by atoms with Crippen molar-refractivity contribution in [3.05, 3.63) is 102 Å². The second-order valence-electron chi connectivity index (χ2n) is 7.34. The van der Waals surface area contributed by atoms with Gasteiger partial charge in [0.05, 0.1) is 5.52 Å². The van der Waals surface area contributed by atoms with Gasteiger partial charge in [-0.05, 0) is 67.6 Å². The summed E-state index contributed by atoms with van der Waals surface area (Å²) in [5.74, 6) is 0.0552. The van der Waals surface area contributed by atoms with Crippen molar-refractivity contribution >= 4 is 27.9 Å². The molecule has 0 atom stereocenters. The van der Waals surface area contributed by atoms with E-state index in [1.807, 2.05) is 53.9 Å². The van der Waals surface area contributed by atoms with Gasteiger partial charge in [0.25, 0.3) is 0 Å². The zero-order chi connectivity index (χ0) is 21.4. The number of pyridine rings is 1. The molecule has 0 amide bonds. The van der Waals surface area contributed by atoms with Crippen LogP contribution in [0.15, 0.2) is 85.2 Å². The van der Waals surface area contributed by atoms with E-state index in [0.29, 0.717) is 17.0 Å². The minimum absolute atomic E-state index is 0.219. The molecule has 2 N–H and O–H groups in total. The zero-order valence-corrected chi connectivity index (χ0v) is 16.8. The molecule has 0 aliphatic carbocycles. The Labute approximate surface area is 177 Å². The van der Waals surface area contributed by atoms with E-state index in [9.17, 15) is 9.18 Å². The molecular formula is C25H19FN4O. The summed E-state index contributed by atoms with van der Waals surface area (Å²) < 4.78 is 15.2. The Morgan fingerprint density at radius 3 is 2.77 bits per heavy atom. The molecule has 5 aromatic rings. The Morgan fingerprint density at radius 1 is 1.10 bits per heavy atom. The number of anilines is 1. The van der Waals surface area contributed by atoms with Crippen LogP contribution in [-0.4, -0.2) is 20.2 Å². The lowest BCUT2D eigenvalue weighted by atomic mass is 10.2. The minimum Gasteiger partial charge on any atom is -0.362 e. The van der Waals surface area contributed by atoms with Crippen LogP contribution in [0.4, 0.5) is 10.1 Å². The van der Waals surface area contributed by atoms with Crippen molar-refractivity contribution in [1.82, 2.24) is 14.4 Å². The number of aromatic nitrogens is 3. The molecule has 0 saturated carbocycles. The van der Waals surface area contributed by atoms with E-state index in [0.717, 1.165) is 27.8 Å². The minimum atomic E-state index is -0.317. The molecule has 0 aliphatic heterocycles. The number of allylic oxidation sites excluding steroid dienone is 1. The fraction of sp³-hybridized carbons (Fsp3) is 0.0400. The number of fused-ring (bicyclic) bond motifs is 2. The average molecular weight is 410 g/mol. The lowest BCUT2D eigenvalue weighted by molar-refractivity contribution is 0.104. The third-order valence-electron chi connectivity index (χ3n) is 5.12. The highest BCUT2D eigenvalue weighted by Crippen LogP contribution is 2.24. The first-order valence-corrected chi connectivity index (χ1v) is 9.88. The van der Waals surface area contributed by atoms with Gasteiger partial charge in [-0.25, -0.2) is 9.37 Å². The van der Waals surface area contributed by atoms with Gasteiger partial charge in [-0.15, -0.1) is 0 Å². The van der Waals surface area contributed by atoms with Crippen LogP contribution in [0, 0.1) is 12.7 Å². The number of nitrogens with one attached hydrogen (secondary N) is 2. The Balaban J connectivity index is 1.43. The molecule has 6 heteroatoms. The topological polar surface area (TPSA) is 62.2 Å². The number of ketones is 1. The van der Waals surface area contributed by atoms with Crippen LogP contribution in [0.2, 0.25) is 0 Å². The molecule has 3 heterocycles. The second kappa shape index (κ2) is 7.57. The lowest BCUT2D eigenvalue weighted by Crippen LogP contribution is -1.98. The summed E-state index contributed by atoms with van der Waals surface area (Å²) >= 11 is 0. The van der Waals surface area contributed by atoms with Crippen LogP contribution in [0.1, 0.15) is 16.2 Å². The molecule has 0 saturated heterocycles. The molecule has 3 aromatic heterocycles. The number of carbonyl (C=O) groups excluding carboxylic acids is 1. The normalized spacial score (nSPS) is 11.5. The van der Waals surface area contributed by atoms with Crippen molar-refractivity contribution in [3.8, 4) is 11.4 Å². The van der Waals surface area contributed by atoms with Gasteiger partial charge in [0.2, 0.25) is 5.78 Å². The highest BCUT2D eigenvalue weighted by molar-refractivity contribution is 6.08. The average Bonchev–Trinajstić information content (AvgIpc) is 3.34. The Bertz CT molecular complexity index is 1440. The number of carbonyl (C=O) groups is 1. The first-order valence-electron chi connectivity index (χ1n) is 9.88. The maximum atomic E-state index is 13.3. The van der Waals surface area contributed by atoms with Crippen LogP contribution < -0.4 is 5.32 Å². The molecule has 5 rings (SSSR count). The van der Waals surface area contributed by atoms with Crippen molar-refractivity contribution in [1.29, 1.82) is 0 Å². The molecule has 0 spiro atoms. The highest BCUT2D eigenvalue weighted by atomic mass is 19.1. The number of aromatic amines is 1. The van der Waals surface area contributed by atoms with Gasteiger partial charge in [-0.2, -0.15) is 0 Å². The smallest absolute Gasteiger partial charge is 0.207 e. The standard InChI is InChI=1S/C25H19FN4O/c1-16-14-18-15-20(9-10-21(18)28-16)27-12-11-23(31)24-22-4-2-3-13-30(22)25(29-24)17-5-7-19(26)8-6-17/h2-15,27-28H,1H3/b12-11-. The monoisotopic (exact) mass is 410 g/mol. The summed E-state index contributed by atoms with van der Waals surface area (Å²) in [4.78, 5) is 20.7.